The van der Waals surface area contributed by atoms with E-state index in [-0.39, 0.29) is 17.5 Å². The van der Waals surface area contributed by atoms with Crippen LogP contribution in [-0.2, 0) is 4.74 Å². The minimum absolute atomic E-state index is 0.165. The zero-order valence-corrected chi connectivity index (χ0v) is 10.5. The molecule has 5 N–H and O–H groups in total. The molecule has 0 saturated carbocycles. The molecule has 1 rings (SSSR count). The molecule has 0 bridgehead atoms. The van der Waals surface area contributed by atoms with Gasteiger partial charge in [0.05, 0.1) is 24.9 Å². The van der Waals surface area contributed by atoms with Gasteiger partial charge in [0.25, 0.3) is 0 Å². The van der Waals surface area contributed by atoms with Crippen molar-refractivity contribution in [3.05, 3.63) is 17.2 Å². The van der Waals surface area contributed by atoms with Crippen LogP contribution < -0.4 is 0 Å². The van der Waals surface area contributed by atoms with Crippen molar-refractivity contribution in [2.24, 2.45) is 0 Å². The zero-order chi connectivity index (χ0) is 14.7. The third kappa shape index (κ3) is 3.07. The maximum absolute atomic E-state index is 11.5. The maximum Gasteiger partial charge on any atom is 0.338 e. The summed E-state index contributed by atoms with van der Waals surface area (Å²) in [6, 6.07) is 0.876. The first-order valence-electron chi connectivity index (χ1n) is 5.51. The molecule has 0 aliphatic rings. The van der Waals surface area contributed by atoms with Crippen molar-refractivity contribution in [2.45, 2.75) is 25.6 Å². The number of ether oxygens (including phenoxy) is 1. The lowest BCUT2D eigenvalue weighted by Crippen LogP contribution is -2.13. The highest BCUT2D eigenvalue weighted by molar-refractivity contribution is 5.93. The Morgan fingerprint density at radius 3 is 2.32 bits per heavy atom. The van der Waals surface area contributed by atoms with Crippen LogP contribution in [0.1, 0.15) is 35.4 Å². The molecule has 7 heteroatoms. The van der Waals surface area contributed by atoms with Crippen molar-refractivity contribution in [1.29, 1.82) is 0 Å². The maximum atomic E-state index is 11.5. The normalized spacial score (nSPS) is 13.9. The molecule has 2 unspecified atom stereocenters. The first kappa shape index (κ1) is 15.1. The van der Waals surface area contributed by atoms with Crippen molar-refractivity contribution >= 4 is 5.97 Å². The summed E-state index contributed by atoms with van der Waals surface area (Å²) in [6.45, 7) is 1.42. The number of aromatic hydroxyl groups is 3. The van der Waals surface area contributed by atoms with Gasteiger partial charge in [-0.05, 0) is 13.0 Å². The number of aliphatic hydroxyl groups is 2. The molecule has 7 nitrogen and oxygen atoms in total. The molecule has 1 aromatic rings. The average molecular weight is 272 g/mol. The SMILES string of the molecule is COC(=O)c1cc(O)c(O)c(O)c1C(O)CC(C)O. The van der Waals surface area contributed by atoms with E-state index in [9.17, 15) is 30.3 Å². The monoisotopic (exact) mass is 272 g/mol. The van der Waals surface area contributed by atoms with Gasteiger partial charge in [0.1, 0.15) is 0 Å². The summed E-state index contributed by atoms with van der Waals surface area (Å²) in [4.78, 5) is 11.5. The predicted octanol–water partition coefficient (Wildman–Crippen LogP) is 0.394. The zero-order valence-electron chi connectivity index (χ0n) is 10.5. The van der Waals surface area contributed by atoms with Crippen molar-refractivity contribution in [1.82, 2.24) is 0 Å². The number of hydrogen-bond donors (Lipinski definition) is 5. The third-order valence-corrected chi connectivity index (χ3v) is 2.60. The smallest absolute Gasteiger partial charge is 0.338 e. The van der Waals surface area contributed by atoms with Gasteiger partial charge in [-0.3, -0.25) is 0 Å². The van der Waals surface area contributed by atoms with Crippen LogP contribution in [0.4, 0.5) is 0 Å². The van der Waals surface area contributed by atoms with Crippen LogP contribution in [-0.4, -0.2) is 44.7 Å². The second kappa shape index (κ2) is 5.77. The molecule has 19 heavy (non-hydrogen) atoms. The van der Waals surface area contributed by atoms with Crippen LogP contribution in [0.25, 0.3) is 0 Å². The van der Waals surface area contributed by atoms with Crippen molar-refractivity contribution in [3.8, 4) is 17.2 Å². The molecule has 2 atom stereocenters. The Bertz CT molecular complexity index is 481. The molecule has 0 fully saturated rings. The number of carbonyl (C=O) groups excluding carboxylic acids is 1. The second-order valence-corrected chi connectivity index (χ2v) is 4.15. The summed E-state index contributed by atoms with van der Waals surface area (Å²) in [6.07, 6.45) is -2.46. The Labute approximate surface area is 109 Å². The Hall–Kier alpha value is -1.99. The van der Waals surface area contributed by atoms with E-state index in [2.05, 4.69) is 4.74 Å². The lowest BCUT2D eigenvalue weighted by molar-refractivity contribution is 0.0577. The summed E-state index contributed by atoms with van der Waals surface area (Å²) in [5.74, 6) is -3.29. The first-order chi connectivity index (χ1) is 8.79. The topological polar surface area (TPSA) is 127 Å². The van der Waals surface area contributed by atoms with Gasteiger partial charge in [-0.1, -0.05) is 0 Å². The summed E-state index contributed by atoms with van der Waals surface area (Å²) in [7, 11) is 1.09. The van der Waals surface area contributed by atoms with E-state index in [0.29, 0.717) is 0 Å². The van der Waals surface area contributed by atoms with Crippen LogP contribution in [0.15, 0.2) is 6.07 Å². The highest BCUT2D eigenvalue weighted by Crippen LogP contribution is 2.43. The predicted molar refractivity (Wildman–Crippen MR) is 64.0 cm³/mol. The summed E-state index contributed by atoms with van der Waals surface area (Å²) in [5, 5.41) is 47.6. The molecular formula is C12H16O7. The number of phenolic OH excluding ortho intramolecular Hbond substituents is 3. The molecule has 0 spiro atoms. The highest BCUT2D eigenvalue weighted by Gasteiger charge is 2.27. The van der Waals surface area contributed by atoms with Crippen LogP contribution in [0, 0.1) is 0 Å². The number of rotatable bonds is 4. The summed E-state index contributed by atoms with van der Waals surface area (Å²) < 4.78 is 4.47. The Kier molecular flexibility index (Phi) is 4.57. The molecule has 0 aliphatic heterocycles. The van der Waals surface area contributed by atoms with Gasteiger partial charge in [0.2, 0.25) is 5.75 Å². The average Bonchev–Trinajstić information content (AvgIpc) is 2.33. The van der Waals surface area contributed by atoms with Crippen molar-refractivity contribution < 1.29 is 35.1 Å². The number of benzene rings is 1. The van der Waals surface area contributed by atoms with Gasteiger partial charge in [-0.2, -0.15) is 0 Å². The van der Waals surface area contributed by atoms with E-state index in [1.165, 1.54) is 6.92 Å². The fourth-order valence-corrected chi connectivity index (χ4v) is 1.72. The van der Waals surface area contributed by atoms with E-state index in [4.69, 9.17) is 0 Å². The first-order valence-corrected chi connectivity index (χ1v) is 5.51. The molecular weight excluding hydrogens is 256 g/mol. The van der Waals surface area contributed by atoms with Crippen molar-refractivity contribution in [2.75, 3.05) is 7.11 Å². The third-order valence-electron chi connectivity index (χ3n) is 2.60. The van der Waals surface area contributed by atoms with Gasteiger partial charge < -0.3 is 30.3 Å². The van der Waals surface area contributed by atoms with Gasteiger partial charge in [-0.15, -0.1) is 0 Å². The van der Waals surface area contributed by atoms with Crippen LogP contribution >= 0.6 is 0 Å². The Morgan fingerprint density at radius 2 is 1.84 bits per heavy atom. The molecule has 0 aromatic heterocycles. The lowest BCUT2D eigenvalue weighted by Gasteiger charge is -2.18. The number of methoxy groups -OCH3 is 1. The number of phenols is 3. The van der Waals surface area contributed by atoms with E-state index >= 15 is 0 Å². The Balaban J connectivity index is 3.41. The van der Waals surface area contributed by atoms with Gasteiger partial charge in [0, 0.05) is 12.0 Å². The van der Waals surface area contributed by atoms with Crippen LogP contribution in [0.3, 0.4) is 0 Å². The van der Waals surface area contributed by atoms with E-state index in [0.717, 1.165) is 13.2 Å². The van der Waals surface area contributed by atoms with Gasteiger partial charge in [-0.25, -0.2) is 4.79 Å². The fraction of sp³-hybridized carbons (Fsp3) is 0.417. The fourth-order valence-electron chi connectivity index (χ4n) is 1.72. The molecule has 0 radical (unpaired) electrons. The van der Waals surface area contributed by atoms with Gasteiger partial charge in [0.15, 0.2) is 11.5 Å². The number of esters is 1. The minimum Gasteiger partial charge on any atom is -0.504 e. The van der Waals surface area contributed by atoms with Crippen molar-refractivity contribution in [3.63, 3.8) is 0 Å². The second-order valence-electron chi connectivity index (χ2n) is 4.15. The highest BCUT2D eigenvalue weighted by atomic mass is 16.5. The van der Waals surface area contributed by atoms with E-state index in [1.807, 2.05) is 0 Å². The van der Waals surface area contributed by atoms with E-state index < -0.39 is 35.4 Å². The molecule has 0 aliphatic carbocycles. The van der Waals surface area contributed by atoms with E-state index in [1.54, 1.807) is 0 Å². The molecule has 0 saturated heterocycles. The standard InChI is InChI=1S/C12H16O7/c1-5(13)3-7(14)9-6(12(18)19-2)4-8(15)10(16)11(9)17/h4-5,7,13-17H,3H2,1-2H3. The molecule has 0 amide bonds. The molecule has 106 valence electrons. The number of aliphatic hydroxyl groups excluding tert-OH is 2. The summed E-state index contributed by atoms with van der Waals surface area (Å²) >= 11 is 0. The van der Waals surface area contributed by atoms with Crippen LogP contribution in [0.2, 0.25) is 0 Å². The number of carbonyl (C=O) groups is 1. The van der Waals surface area contributed by atoms with Crippen LogP contribution in [0.5, 0.6) is 17.2 Å². The number of hydrogen-bond acceptors (Lipinski definition) is 7. The minimum atomic E-state index is -1.40. The Morgan fingerprint density at radius 1 is 1.26 bits per heavy atom. The molecule has 0 heterocycles. The quantitative estimate of drug-likeness (QED) is 0.396. The lowest BCUT2D eigenvalue weighted by atomic mass is 9.96. The van der Waals surface area contributed by atoms with Gasteiger partial charge >= 0.3 is 5.97 Å². The largest absolute Gasteiger partial charge is 0.504 e. The summed E-state index contributed by atoms with van der Waals surface area (Å²) in [5.41, 5.74) is -0.591. The molecule has 1 aromatic carbocycles.